The number of hydrogen-bond acceptors (Lipinski definition) is 1. The molecule has 1 fully saturated rings. The lowest BCUT2D eigenvalue weighted by Crippen LogP contribution is -2.26. The molecule has 1 N–H and O–H groups in total. The van der Waals surface area contributed by atoms with Gasteiger partial charge in [0.25, 0.3) is 0 Å². The Morgan fingerprint density at radius 1 is 1.22 bits per heavy atom. The zero-order valence-corrected chi connectivity index (χ0v) is 10.9. The molecule has 2 heteroatoms. The summed E-state index contributed by atoms with van der Waals surface area (Å²) in [6.45, 7) is 4.11. The highest BCUT2D eigenvalue weighted by Crippen LogP contribution is 2.43. The molecule has 94 valence electrons. The van der Waals surface area contributed by atoms with Crippen molar-refractivity contribution in [3.05, 3.63) is 41.5 Å². The fourth-order valence-electron chi connectivity index (χ4n) is 3.26. The van der Waals surface area contributed by atoms with Crippen LogP contribution < -0.4 is 5.32 Å². The molecular weight excluding hydrogens is 222 g/mol. The predicted molar refractivity (Wildman–Crippen MR) is 73.4 cm³/mol. The molecule has 0 radical (unpaired) electrons. The van der Waals surface area contributed by atoms with Crippen molar-refractivity contribution in [1.82, 2.24) is 0 Å². The maximum Gasteiger partial charge on any atom is 0.228 e. The van der Waals surface area contributed by atoms with Gasteiger partial charge in [0.05, 0.1) is 0 Å². The van der Waals surface area contributed by atoms with Crippen LogP contribution in [-0.2, 0) is 4.79 Å². The molecule has 0 aromatic heterocycles. The fraction of sp³-hybridized carbons (Fsp3) is 0.438. The van der Waals surface area contributed by atoms with Crippen LogP contribution in [-0.4, -0.2) is 5.91 Å². The molecular formula is C16H19NO. The standard InChI is InChI=1S/C16H19NO/c1-10-3-6-15(11(2)7-10)17-16(18)14-9-12-4-5-13(14)8-12/h3-7,12-14H,8-9H2,1-2H3,(H,17,18). The number of hydrogen-bond donors (Lipinski definition) is 1. The Hall–Kier alpha value is -1.57. The molecule has 1 saturated carbocycles. The number of allylic oxidation sites excluding steroid dienone is 2. The molecule has 1 aromatic rings. The van der Waals surface area contributed by atoms with Gasteiger partial charge < -0.3 is 5.32 Å². The van der Waals surface area contributed by atoms with Crippen LogP contribution in [0.1, 0.15) is 24.0 Å². The molecule has 0 saturated heterocycles. The summed E-state index contributed by atoms with van der Waals surface area (Å²) in [7, 11) is 0. The van der Waals surface area contributed by atoms with E-state index in [1.54, 1.807) is 0 Å². The molecule has 3 rings (SSSR count). The molecule has 0 heterocycles. The minimum atomic E-state index is 0.181. The number of nitrogens with one attached hydrogen (secondary N) is 1. The Balaban J connectivity index is 1.73. The van der Waals surface area contributed by atoms with Gasteiger partial charge >= 0.3 is 0 Å². The number of amides is 1. The quantitative estimate of drug-likeness (QED) is 0.789. The van der Waals surface area contributed by atoms with Crippen LogP contribution in [0.4, 0.5) is 5.69 Å². The lowest BCUT2D eigenvalue weighted by atomic mass is 9.92. The second-order valence-corrected chi connectivity index (χ2v) is 5.69. The van der Waals surface area contributed by atoms with Crippen LogP contribution in [0.2, 0.25) is 0 Å². The van der Waals surface area contributed by atoms with E-state index in [0.29, 0.717) is 11.8 Å². The van der Waals surface area contributed by atoms with Crippen molar-refractivity contribution in [2.24, 2.45) is 17.8 Å². The molecule has 1 aromatic carbocycles. The van der Waals surface area contributed by atoms with E-state index in [4.69, 9.17) is 0 Å². The molecule has 2 nitrogen and oxygen atoms in total. The average Bonchev–Trinajstić information content (AvgIpc) is 2.94. The highest BCUT2D eigenvalue weighted by atomic mass is 16.1. The van der Waals surface area contributed by atoms with Crippen LogP contribution >= 0.6 is 0 Å². The van der Waals surface area contributed by atoms with Gasteiger partial charge in [-0.1, -0.05) is 29.8 Å². The topological polar surface area (TPSA) is 29.1 Å². The maximum absolute atomic E-state index is 12.3. The van der Waals surface area contributed by atoms with Crippen molar-refractivity contribution < 1.29 is 4.79 Å². The van der Waals surface area contributed by atoms with E-state index < -0.39 is 0 Å². The zero-order valence-electron chi connectivity index (χ0n) is 10.9. The van der Waals surface area contributed by atoms with Crippen molar-refractivity contribution in [3.63, 3.8) is 0 Å². The van der Waals surface area contributed by atoms with Gasteiger partial charge in [0.2, 0.25) is 5.91 Å². The van der Waals surface area contributed by atoms with Gasteiger partial charge in [0.15, 0.2) is 0 Å². The molecule has 18 heavy (non-hydrogen) atoms. The SMILES string of the molecule is Cc1ccc(NC(=O)C2CC3C=CC2C3)c(C)c1. The summed E-state index contributed by atoms with van der Waals surface area (Å²) in [5, 5.41) is 3.09. The van der Waals surface area contributed by atoms with E-state index in [1.807, 2.05) is 19.1 Å². The Labute approximate surface area is 108 Å². The van der Waals surface area contributed by atoms with Crippen molar-refractivity contribution in [2.45, 2.75) is 26.7 Å². The molecule has 2 aliphatic carbocycles. The van der Waals surface area contributed by atoms with E-state index in [2.05, 4.69) is 30.5 Å². The fourth-order valence-corrected chi connectivity index (χ4v) is 3.26. The van der Waals surface area contributed by atoms with Gasteiger partial charge in [-0.15, -0.1) is 0 Å². The Morgan fingerprint density at radius 2 is 2.06 bits per heavy atom. The number of carbonyl (C=O) groups is 1. The Morgan fingerprint density at radius 3 is 2.67 bits per heavy atom. The number of carbonyl (C=O) groups excluding carboxylic acids is 1. The van der Waals surface area contributed by atoms with Crippen molar-refractivity contribution in [2.75, 3.05) is 5.32 Å². The van der Waals surface area contributed by atoms with Crippen molar-refractivity contribution >= 4 is 11.6 Å². The first-order valence-electron chi connectivity index (χ1n) is 6.70. The van der Waals surface area contributed by atoms with Crippen LogP contribution in [0.25, 0.3) is 0 Å². The number of aryl methyl sites for hydroxylation is 2. The number of rotatable bonds is 2. The third-order valence-corrected chi connectivity index (χ3v) is 4.26. The van der Waals surface area contributed by atoms with Gasteiger partial charge in [-0.05, 0) is 50.2 Å². The predicted octanol–water partition coefficient (Wildman–Crippen LogP) is 3.45. The second-order valence-electron chi connectivity index (χ2n) is 5.69. The van der Waals surface area contributed by atoms with Crippen LogP contribution in [0, 0.1) is 31.6 Å². The van der Waals surface area contributed by atoms with Crippen LogP contribution in [0.15, 0.2) is 30.4 Å². The normalized spacial score (nSPS) is 28.7. The van der Waals surface area contributed by atoms with Gasteiger partial charge in [0.1, 0.15) is 0 Å². The number of fused-ring (bicyclic) bond motifs is 2. The van der Waals surface area contributed by atoms with E-state index >= 15 is 0 Å². The first kappa shape index (κ1) is 11.5. The highest BCUT2D eigenvalue weighted by molar-refractivity contribution is 5.94. The monoisotopic (exact) mass is 241 g/mol. The zero-order chi connectivity index (χ0) is 12.7. The van der Waals surface area contributed by atoms with E-state index in [-0.39, 0.29) is 11.8 Å². The van der Waals surface area contributed by atoms with Crippen LogP contribution in [0.3, 0.4) is 0 Å². The first-order chi connectivity index (χ1) is 8.63. The molecule has 1 amide bonds. The van der Waals surface area contributed by atoms with Gasteiger partial charge in [-0.2, -0.15) is 0 Å². The van der Waals surface area contributed by atoms with Gasteiger partial charge in [-0.3, -0.25) is 4.79 Å². The average molecular weight is 241 g/mol. The lowest BCUT2D eigenvalue weighted by molar-refractivity contribution is -0.120. The molecule has 2 aliphatic rings. The van der Waals surface area contributed by atoms with E-state index in [9.17, 15) is 4.79 Å². The third-order valence-electron chi connectivity index (χ3n) is 4.26. The number of benzene rings is 1. The summed E-state index contributed by atoms with van der Waals surface area (Å²) in [5.74, 6) is 1.49. The Bertz CT molecular complexity index is 518. The highest BCUT2D eigenvalue weighted by Gasteiger charge is 2.39. The summed E-state index contributed by atoms with van der Waals surface area (Å²) < 4.78 is 0. The number of anilines is 1. The Kier molecular flexibility index (Phi) is 2.73. The lowest BCUT2D eigenvalue weighted by Gasteiger charge is -2.18. The molecule has 3 unspecified atom stereocenters. The minimum Gasteiger partial charge on any atom is -0.326 e. The largest absolute Gasteiger partial charge is 0.326 e. The second kappa shape index (κ2) is 4.27. The molecule has 0 aliphatic heterocycles. The first-order valence-corrected chi connectivity index (χ1v) is 6.70. The maximum atomic E-state index is 12.3. The summed E-state index contributed by atoms with van der Waals surface area (Å²) in [6.07, 6.45) is 6.69. The smallest absolute Gasteiger partial charge is 0.228 e. The summed E-state index contributed by atoms with van der Waals surface area (Å²) in [6, 6.07) is 6.16. The van der Waals surface area contributed by atoms with Gasteiger partial charge in [0, 0.05) is 11.6 Å². The van der Waals surface area contributed by atoms with Gasteiger partial charge in [-0.25, -0.2) is 0 Å². The van der Waals surface area contributed by atoms with E-state index in [1.165, 1.54) is 12.0 Å². The van der Waals surface area contributed by atoms with Crippen molar-refractivity contribution in [3.8, 4) is 0 Å². The molecule has 2 bridgehead atoms. The third kappa shape index (κ3) is 1.96. The van der Waals surface area contributed by atoms with E-state index in [0.717, 1.165) is 17.7 Å². The molecule has 3 atom stereocenters. The summed E-state index contributed by atoms with van der Waals surface area (Å²) in [4.78, 5) is 12.3. The van der Waals surface area contributed by atoms with Crippen LogP contribution in [0.5, 0.6) is 0 Å². The van der Waals surface area contributed by atoms with Crippen molar-refractivity contribution in [1.29, 1.82) is 0 Å². The minimum absolute atomic E-state index is 0.181. The molecule has 0 spiro atoms. The summed E-state index contributed by atoms with van der Waals surface area (Å²) >= 11 is 0. The summed E-state index contributed by atoms with van der Waals surface area (Å²) in [5.41, 5.74) is 3.33.